The van der Waals surface area contributed by atoms with Crippen molar-refractivity contribution in [2.75, 3.05) is 5.73 Å². The number of aryl methyl sites for hydroxylation is 1. The molecule has 0 saturated heterocycles. The normalized spacial score (nSPS) is 11.0. The molecule has 24 heavy (non-hydrogen) atoms. The minimum Gasteiger partial charge on any atom is -0.375 e. The third kappa shape index (κ3) is 2.21. The maximum Gasteiger partial charge on any atom is 0.260 e. The third-order valence-electron chi connectivity index (χ3n) is 4.14. The van der Waals surface area contributed by atoms with Crippen LogP contribution in [0.2, 0.25) is 0 Å². The number of hydrogen-bond donors (Lipinski definition) is 1. The van der Waals surface area contributed by atoms with Crippen LogP contribution in [0.4, 0.5) is 5.13 Å². The summed E-state index contributed by atoms with van der Waals surface area (Å²) in [6.07, 6.45) is 0. The van der Waals surface area contributed by atoms with Crippen LogP contribution < -0.4 is 11.3 Å². The van der Waals surface area contributed by atoms with Gasteiger partial charge in [-0.2, -0.15) is 0 Å². The number of fused-ring (bicyclic) bond motifs is 1. The Bertz CT molecular complexity index is 1100. The van der Waals surface area contributed by atoms with Gasteiger partial charge in [-0.1, -0.05) is 48.5 Å². The van der Waals surface area contributed by atoms with Crippen molar-refractivity contribution in [2.24, 2.45) is 7.05 Å². The first-order chi connectivity index (χ1) is 11.7. The molecule has 0 bridgehead atoms. The van der Waals surface area contributed by atoms with Gasteiger partial charge in [0, 0.05) is 23.4 Å². The number of rotatable bonds is 2. The maximum atomic E-state index is 13.1. The van der Waals surface area contributed by atoms with Crippen LogP contribution in [0.1, 0.15) is 0 Å². The zero-order chi connectivity index (χ0) is 16.7. The van der Waals surface area contributed by atoms with Gasteiger partial charge in [0.05, 0.1) is 16.8 Å². The molecule has 2 aromatic carbocycles. The quantitative estimate of drug-likeness (QED) is 0.605. The summed E-state index contributed by atoms with van der Waals surface area (Å²) in [6.45, 7) is 0. The highest BCUT2D eigenvalue weighted by Crippen LogP contribution is 2.36. The third-order valence-corrected chi connectivity index (χ3v) is 4.82. The number of anilines is 1. The molecular weight excluding hydrogens is 318 g/mol. The van der Waals surface area contributed by atoms with Gasteiger partial charge in [0.1, 0.15) is 0 Å². The molecule has 0 atom stereocenters. The van der Waals surface area contributed by atoms with Crippen molar-refractivity contribution < 1.29 is 0 Å². The lowest BCUT2D eigenvalue weighted by Crippen LogP contribution is -2.20. The second-order valence-corrected chi connectivity index (χ2v) is 6.46. The molecule has 0 unspecified atom stereocenters. The molecule has 2 aromatic heterocycles. The fourth-order valence-electron chi connectivity index (χ4n) is 3.04. The Labute approximate surface area is 142 Å². The predicted molar refractivity (Wildman–Crippen MR) is 100 cm³/mol. The molecule has 0 aliphatic carbocycles. The Balaban J connectivity index is 2.22. The lowest BCUT2D eigenvalue weighted by molar-refractivity contribution is 0.908. The molecule has 0 aliphatic heterocycles. The largest absolute Gasteiger partial charge is 0.375 e. The minimum absolute atomic E-state index is 0.0714. The highest BCUT2D eigenvalue weighted by molar-refractivity contribution is 7.13. The molecule has 0 amide bonds. The first kappa shape index (κ1) is 14.7. The van der Waals surface area contributed by atoms with Gasteiger partial charge in [-0.05, 0) is 11.6 Å². The number of aromatic nitrogens is 2. The first-order valence-electron chi connectivity index (χ1n) is 7.55. The molecule has 0 radical (unpaired) electrons. The second-order valence-electron chi connectivity index (χ2n) is 5.57. The van der Waals surface area contributed by atoms with Crippen molar-refractivity contribution in [3.8, 4) is 22.4 Å². The molecule has 2 N–H and O–H groups in total. The molecular formula is C19H15N3OS. The van der Waals surface area contributed by atoms with Gasteiger partial charge in [0.2, 0.25) is 0 Å². The number of hydrogen-bond acceptors (Lipinski definition) is 4. The monoisotopic (exact) mass is 333 g/mol. The van der Waals surface area contributed by atoms with Crippen LogP contribution in [0, 0.1) is 0 Å². The van der Waals surface area contributed by atoms with Crippen molar-refractivity contribution in [3.63, 3.8) is 0 Å². The van der Waals surface area contributed by atoms with E-state index in [4.69, 9.17) is 5.73 Å². The van der Waals surface area contributed by atoms with Gasteiger partial charge in [-0.15, -0.1) is 11.3 Å². The summed E-state index contributed by atoms with van der Waals surface area (Å²) in [6, 6.07) is 17.9. The van der Waals surface area contributed by atoms with E-state index >= 15 is 0 Å². The first-order valence-corrected chi connectivity index (χ1v) is 8.43. The lowest BCUT2D eigenvalue weighted by Gasteiger charge is -2.15. The number of para-hydroxylation sites is 1. The SMILES string of the molecule is Cn1c(=O)c(-c2csc(N)n2)c(-c2ccccc2)c2ccccc21. The average molecular weight is 333 g/mol. The Morgan fingerprint density at radius 1 is 1.00 bits per heavy atom. The highest BCUT2D eigenvalue weighted by atomic mass is 32.1. The summed E-state index contributed by atoms with van der Waals surface area (Å²) < 4.78 is 1.67. The highest BCUT2D eigenvalue weighted by Gasteiger charge is 2.19. The van der Waals surface area contributed by atoms with E-state index < -0.39 is 0 Å². The van der Waals surface area contributed by atoms with Gasteiger partial charge in [-0.25, -0.2) is 4.98 Å². The zero-order valence-corrected chi connectivity index (χ0v) is 13.9. The Hall–Kier alpha value is -2.92. The molecule has 4 rings (SSSR count). The van der Waals surface area contributed by atoms with Gasteiger partial charge in [0.15, 0.2) is 5.13 Å². The topological polar surface area (TPSA) is 60.9 Å². The molecule has 2 heterocycles. The van der Waals surface area contributed by atoms with Crippen molar-refractivity contribution in [2.45, 2.75) is 0 Å². The lowest BCUT2D eigenvalue weighted by atomic mass is 9.94. The number of nitrogens with zero attached hydrogens (tertiary/aromatic N) is 2. The van der Waals surface area contributed by atoms with Gasteiger partial charge in [0.25, 0.3) is 5.56 Å². The maximum absolute atomic E-state index is 13.1. The van der Waals surface area contributed by atoms with E-state index in [2.05, 4.69) is 4.98 Å². The summed E-state index contributed by atoms with van der Waals surface area (Å²) in [5, 5.41) is 3.32. The molecule has 4 aromatic rings. The van der Waals surface area contributed by atoms with E-state index in [9.17, 15) is 4.79 Å². The van der Waals surface area contributed by atoms with Crippen LogP contribution in [0.3, 0.4) is 0 Å². The number of nitrogen functional groups attached to an aromatic ring is 1. The Kier molecular flexibility index (Phi) is 3.43. The molecule has 4 nitrogen and oxygen atoms in total. The van der Waals surface area contributed by atoms with E-state index in [0.717, 1.165) is 22.0 Å². The van der Waals surface area contributed by atoms with E-state index in [0.29, 0.717) is 16.4 Å². The summed E-state index contributed by atoms with van der Waals surface area (Å²) in [5.74, 6) is 0. The number of pyridine rings is 1. The Morgan fingerprint density at radius 2 is 1.71 bits per heavy atom. The Morgan fingerprint density at radius 3 is 2.42 bits per heavy atom. The van der Waals surface area contributed by atoms with Crippen LogP contribution in [0.5, 0.6) is 0 Å². The zero-order valence-electron chi connectivity index (χ0n) is 13.1. The smallest absolute Gasteiger partial charge is 0.260 e. The second kappa shape index (κ2) is 5.62. The van der Waals surface area contributed by atoms with Gasteiger partial charge >= 0.3 is 0 Å². The standard InChI is InChI=1S/C19H15N3OS/c1-22-15-10-6-5-9-13(15)16(12-7-3-2-4-8-12)17(18(22)23)14-11-24-19(20)21-14/h2-11H,1H3,(H2,20,21). The predicted octanol–water partition coefficient (Wildman–Crippen LogP) is 3.91. The number of thiazole rings is 1. The van der Waals surface area contributed by atoms with Crippen LogP contribution in [-0.2, 0) is 7.05 Å². The molecule has 0 spiro atoms. The number of benzene rings is 2. The fraction of sp³-hybridized carbons (Fsp3) is 0.0526. The fourth-order valence-corrected chi connectivity index (χ4v) is 3.59. The van der Waals surface area contributed by atoms with Crippen molar-refractivity contribution in [1.29, 1.82) is 0 Å². The van der Waals surface area contributed by atoms with Crippen LogP contribution >= 0.6 is 11.3 Å². The molecule has 0 saturated carbocycles. The van der Waals surface area contributed by atoms with E-state index in [1.807, 2.05) is 60.0 Å². The molecule has 5 heteroatoms. The van der Waals surface area contributed by atoms with E-state index in [1.165, 1.54) is 11.3 Å². The molecule has 0 fully saturated rings. The van der Waals surface area contributed by atoms with Crippen LogP contribution in [-0.4, -0.2) is 9.55 Å². The van der Waals surface area contributed by atoms with Crippen molar-refractivity contribution in [3.05, 3.63) is 70.3 Å². The molecule has 118 valence electrons. The van der Waals surface area contributed by atoms with Gasteiger partial charge < -0.3 is 10.3 Å². The summed E-state index contributed by atoms with van der Waals surface area (Å²) >= 11 is 1.34. The average Bonchev–Trinajstić information content (AvgIpc) is 3.04. The van der Waals surface area contributed by atoms with E-state index in [-0.39, 0.29) is 5.56 Å². The van der Waals surface area contributed by atoms with Crippen molar-refractivity contribution >= 4 is 27.4 Å². The summed E-state index contributed by atoms with van der Waals surface area (Å²) in [4.78, 5) is 17.4. The molecule has 0 aliphatic rings. The van der Waals surface area contributed by atoms with Crippen LogP contribution in [0.25, 0.3) is 33.3 Å². The summed E-state index contributed by atoms with van der Waals surface area (Å²) in [5.41, 5.74) is 9.75. The number of nitrogens with two attached hydrogens (primary N) is 1. The summed E-state index contributed by atoms with van der Waals surface area (Å²) in [7, 11) is 1.79. The van der Waals surface area contributed by atoms with E-state index in [1.54, 1.807) is 11.6 Å². The van der Waals surface area contributed by atoms with Crippen molar-refractivity contribution in [1.82, 2.24) is 9.55 Å². The van der Waals surface area contributed by atoms with Crippen LogP contribution in [0.15, 0.2) is 64.8 Å². The minimum atomic E-state index is -0.0714. The van der Waals surface area contributed by atoms with Gasteiger partial charge in [-0.3, -0.25) is 4.79 Å².